The molecule has 1 aliphatic rings. The fourth-order valence-electron chi connectivity index (χ4n) is 1.85. The lowest BCUT2D eigenvalue weighted by molar-refractivity contribution is 0.0600. The number of esters is 1. The van der Waals surface area contributed by atoms with Gasteiger partial charge in [-0.05, 0) is 35.8 Å². The van der Waals surface area contributed by atoms with Gasteiger partial charge in [0.2, 0.25) is 0 Å². The van der Waals surface area contributed by atoms with Crippen LogP contribution < -0.4 is 0 Å². The number of ether oxygens (including phenoxy) is 1. The summed E-state index contributed by atoms with van der Waals surface area (Å²) >= 11 is 7.87. The van der Waals surface area contributed by atoms with Crippen LogP contribution in [0.5, 0.6) is 0 Å². The lowest BCUT2D eigenvalue weighted by Gasteiger charge is -2.22. The number of benzene rings is 1. The van der Waals surface area contributed by atoms with Gasteiger partial charge in [0.25, 0.3) is 0 Å². The molecule has 0 spiro atoms. The molecule has 0 amide bonds. The zero-order valence-electron chi connectivity index (χ0n) is 9.25. The smallest absolute Gasteiger partial charge is 0.339 e. The van der Waals surface area contributed by atoms with E-state index in [4.69, 9.17) is 16.3 Å². The van der Waals surface area contributed by atoms with Gasteiger partial charge in [-0.15, -0.1) is 11.8 Å². The molecule has 0 fully saturated rings. The van der Waals surface area contributed by atoms with Crippen LogP contribution in [-0.4, -0.2) is 18.8 Å². The molecule has 86 valence electrons. The van der Waals surface area contributed by atoms with Crippen LogP contribution in [0.4, 0.5) is 0 Å². The van der Waals surface area contributed by atoms with E-state index in [1.807, 2.05) is 12.1 Å². The highest BCUT2D eigenvalue weighted by molar-refractivity contribution is 7.99. The topological polar surface area (TPSA) is 26.3 Å². The second kappa shape index (κ2) is 4.68. The Morgan fingerprint density at radius 3 is 3.00 bits per heavy atom. The predicted octanol–water partition coefficient (Wildman–Crippen LogP) is 3.73. The van der Waals surface area contributed by atoms with E-state index in [0.29, 0.717) is 16.5 Å². The largest absolute Gasteiger partial charge is 0.465 e. The average molecular weight is 257 g/mol. The summed E-state index contributed by atoms with van der Waals surface area (Å²) in [5, 5.41) is 0.486. The quantitative estimate of drug-likeness (QED) is 0.717. The maximum Gasteiger partial charge on any atom is 0.339 e. The van der Waals surface area contributed by atoms with Gasteiger partial charge in [-0.25, -0.2) is 4.79 Å². The van der Waals surface area contributed by atoms with Gasteiger partial charge in [0.05, 0.1) is 17.7 Å². The monoisotopic (exact) mass is 256 g/mol. The van der Waals surface area contributed by atoms with Crippen LogP contribution in [0.1, 0.15) is 35.2 Å². The van der Waals surface area contributed by atoms with Gasteiger partial charge < -0.3 is 4.74 Å². The van der Waals surface area contributed by atoms with E-state index < -0.39 is 0 Å². The molecule has 0 aliphatic carbocycles. The van der Waals surface area contributed by atoms with Crippen molar-refractivity contribution in [2.45, 2.75) is 24.2 Å². The maximum atomic E-state index is 11.5. The number of carbonyl (C=O) groups is 1. The van der Waals surface area contributed by atoms with Crippen molar-refractivity contribution in [1.82, 2.24) is 0 Å². The first-order chi connectivity index (χ1) is 7.63. The van der Waals surface area contributed by atoms with Gasteiger partial charge in [-0.2, -0.15) is 0 Å². The molecule has 1 heterocycles. The first kappa shape index (κ1) is 11.8. The minimum Gasteiger partial charge on any atom is -0.465 e. The molecule has 2 rings (SSSR count). The molecule has 1 aromatic rings. The average Bonchev–Trinajstić information content (AvgIpc) is 2.29. The molecule has 0 saturated heterocycles. The van der Waals surface area contributed by atoms with Crippen molar-refractivity contribution in [1.29, 1.82) is 0 Å². The fourth-order valence-corrected chi connectivity index (χ4v) is 3.41. The van der Waals surface area contributed by atoms with E-state index in [0.717, 1.165) is 17.1 Å². The Morgan fingerprint density at radius 1 is 1.56 bits per heavy atom. The predicted molar refractivity (Wildman–Crippen MR) is 66.5 cm³/mol. The summed E-state index contributed by atoms with van der Waals surface area (Å²) in [6.07, 6.45) is 1.16. The number of thioether (sulfide) groups is 1. The van der Waals surface area contributed by atoms with Crippen molar-refractivity contribution in [3.05, 3.63) is 28.3 Å². The summed E-state index contributed by atoms with van der Waals surface area (Å²) in [4.78, 5) is 12.6. The van der Waals surface area contributed by atoms with Crippen LogP contribution >= 0.6 is 23.4 Å². The van der Waals surface area contributed by atoms with Crippen molar-refractivity contribution >= 4 is 29.3 Å². The van der Waals surface area contributed by atoms with Gasteiger partial charge in [-0.3, -0.25) is 0 Å². The maximum absolute atomic E-state index is 11.5. The van der Waals surface area contributed by atoms with Crippen molar-refractivity contribution in [2.24, 2.45) is 0 Å². The highest BCUT2D eigenvalue weighted by Crippen LogP contribution is 2.39. The van der Waals surface area contributed by atoms with Gasteiger partial charge >= 0.3 is 5.97 Å². The molecular weight excluding hydrogens is 244 g/mol. The molecule has 0 N–H and O–H groups in total. The highest BCUT2D eigenvalue weighted by Gasteiger charge is 2.21. The second-order valence-electron chi connectivity index (χ2n) is 3.90. The number of rotatable bonds is 1. The molecule has 1 unspecified atom stereocenters. The first-order valence-corrected chi connectivity index (χ1v) is 6.54. The molecule has 1 aliphatic heterocycles. The molecule has 1 atom stereocenters. The molecule has 0 radical (unpaired) electrons. The Morgan fingerprint density at radius 2 is 2.31 bits per heavy atom. The first-order valence-electron chi connectivity index (χ1n) is 5.18. The van der Waals surface area contributed by atoms with Crippen LogP contribution in [-0.2, 0) is 4.74 Å². The second-order valence-corrected chi connectivity index (χ2v) is 5.44. The summed E-state index contributed by atoms with van der Waals surface area (Å²) in [7, 11) is 1.37. The third-order valence-corrected chi connectivity index (χ3v) is 4.26. The van der Waals surface area contributed by atoms with E-state index in [1.165, 1.54) is 12.7 Å². The van der Waals surface area contributed by atoms with E-state index in [2.05, 4.69) is 6.92 Å². The van der Waals surface area contributed by atoms with Crippen molar-refractivity contribution in [2.75, 3.05) is 12.9 Å². The van der Waals surface area contributed by atoms with Crippen LogP contribution in [0.2, 0.25) is 5.02 Å². The lowest BCUT2D eigenvalue weighted by Crippen LogP contribution is -2.08. The molecule has 1 aromatic carbocycles. The van der Waals surface area contributed by atoms with E-state index in [1.54, 1.807) is 11.8 Å². The zero-order chi connectivity index (χ0) is 11.7. The molecule has 4 heteroatoms. The van der Waals surface area contributed by atoms with Crippen molar-refractivity contribution in [3.63, 3.8) is 0 Å². The minimum absolute atomic E-state index is 0.369. The normalized spacial score (nSPS) is 19.1. The molecule has 16 heavy (non-hydrogen) atoms. The lowest BCUT2D eigenvalue weighted by atomic mass is 9.97. The molecule has 0 bridgehead atoms. The van der Waals surface area contributed by atoms with Gasteiger partial charge in [0, 0.05) is 4.90 Å². The Kier molecular flexibility index (Phi) is 3.45. The van der Waals surface area contributed by atoms with Crippen LogP contribution in [0.3, 0.4) is 0 Å². The number of hydrogen-bond acceptors (Lipinski definition) is 3. The zero-order valence-corrected chi connectivity index (χ0v) is 10.8. The Hall–Kier alpha value is -0.670. The Bertz CT molecular complexity index is 431. The van der Waals surface area contributed by atoms with E-state index in [-0.39, 0.29) is 5.97 Å². The fraction of sp³-hybridized carbons (Fsp3) is 0.417. The van der Waals surface area contributed by atoms with Crippen LogP contribution in [0, 0.1) is 0 Å². The molecule has 0 saturated carbocycles. The third-order valence-electron chi connectivity index (χ3n) is 2.84. The van der Waals surface area contributed by atoms with Gasteiger partial charge in [0.1, 0.15) is 0 Å². The Balaban J connectivity index is 2.48. The number of carbonyl (C=O) groups excluding carboxylic acids is 1. The van der Waals surface area contributed by atoms with Crippen LogP contribution in [0.25, 0.3) is 0 Å². The minimum atomic E-state index is -0.369. The van der Waals surface area contributed by atoms with Crippen LogP contribution in [0.15, 0.2) is 17.0 Å². The standard InChI is InChI=1S/C12H13ClO2S/c1-7-3-4-16-11-6-9(12(14)15-2)10(13)5-8(7)11/h5-7H,3-4H2,1-2H3. The number of halogens is 1. The summed E-state index contributed by atoms with van der Waals surface area (Å²) < 4.78 is 4.70. The van der Waals surface area contributed by atoms with Gasteiger partial charge in [-0.1, -0.05) is 18.5 Å². The SMILES string of the molecule is COC(=O)c1cc2c(cc1Cl)C(C)CCS2. The Labute approximate surface area is 104 Å². The molecule has 0 aromatic heterocycles. The summed E-state index contributed by atoms with van der Waals surface area (Å²) in [6.45, 7) is 2.19. The molecule has 2 nitrogen and oxygen atoms in total. The number of fused-ring (bicyclic) bond motifs is 1. The van der Waals surface area contributed by atoms with Gasteiger partial charge in [0.15, 0.2) is 0 Å². The summed E-state index contributed by atoms with van der Waals surface area (Å²) in [5.41, 5.74) is 1.71. The summed E-state index contributed by atoms with van der Waals surface area (Å²) in [6, 6.07) is 3.75. The van der Waals surface area contributed by atoms with E-state index in [9.17, 15) is 4.79 Å². The van der Waals surface area contributed by atoms with Crippen molar-refractivity contribution in [3.8, 4) is 0 Å². The third kappa shape index (κ3) is 2.06. The summed E-state index contributed by atoms with van der Waals surface area (Å²) in [5.74, 6) is 1.24. The number of hydrogen-bond donors (Lipinski definition) is 0. The van der Waals surface area contributed by atoms with Crippen molar-refractivity contribution < 1.29 is 9.53 Å². The highest BCUT2D eigenvalue weighted by atomic mass is 35.5. The molecular formula is C12H13ClO2S. The number of methoxy groups -OCH3 is 1. The van der Waals surface area contributed by atoms with E-state index >= 15 is 0 Å².